The quantitative estimate of drug-likeness (QED) is 0.882. The molecule has 3 nitrogen and oxygen atoms in total. The van der Waals surface area contributed by atoms with E-state index in [4.69, 9.17) is 5.73 Å². The van der Waals surface area contributed by atoms with Crippen LogP contribution in [0.3, 0.4) is 0 Å². The second-order valence-electron chi connectivity index (χ2n) is 4.97. The molecular formula is C15H22N2O. The van der Waals surface area contributed by atoms with Crippen LogP contribution in [0.2, 0.25) is 0 Å². The Labute approximate surface area is 109 Å². The molecule has 0 spiro atoms. The van der Waals surface area contributed by atoms with Gasteiger partial charge in [-0.2, -0.15) is 0 Å². The highest BCUT2D eigenvalue weighted by atomic mass is 16.2. The molecule has 98 valence electrons. The van der Waals surface area contributed by atoms with Crippen molar-refractivity contribution in [2.75, 3.05) is 13.1 Å². The van der Waals surface area contributed by atoms with Gasteiger partial charge in [0.1, 0.15) is 0 Å². The van der Waals surface area contributed by atoms with Crippen molar-refractivity contribution in [3.63, 3.8) is 0 Å². The normalized spacial score (nSPS) is 19.8. The molecule has 1 amide bonds. The summed E-state index contributed by atoms with van der Waals surface area (Å²) in [4.78, 5) is 14.1. The molecule has 2 rings (SSSR count). The Balaban J connectivity index is 2.01. The average Bonchev–Trinajstić information content (AvgIpc) is 2.41. The molecule has 0 bridgehead atoms. The average molecular weight is 246 g/mol. The monoisotopic (exact) mass is 246 g/mol. The van der Waals surface area contributed by atoms with Gasteiger partial charge in [0.2, 0.25) is 5.91 Å². The highest BCUT2D eigenvalue weighted by Crippen LogP contribution is 2.21. The molecule has 0 aromatic heterocycles. The highest BCUT2D eigenvalue weighted by molar-refractivity contribution is 5.76. The van der Waals surface area contributed by atoms with E-state index in [1.807, 2.05) is 11.0 Å². The summed E-state index contributed by atoms with van der Waals surface area (Å²) in [7, 11) is 0. The van der Waals surface area contributed by atoms with Crippen LogP contribution in [0.5, 0.6) is 0 Å². The maximum Gasteiger partial charge on any atom is 0.224 e. The van der Waals surface area contributed by atoms with Gasteiger partial charge in [0.15, 0.2) is 0 Å². The SMILES string of the molecule is NCCC(=O)N1CCCC[C@@H]1Cc1ccccc1. The van der Waals surface area contributed by atoms with Crippen LogP contribution in [0.4, 0.5) is 0 Å². The zero-order chi connectivity index (χ0) is 12.8. The molecule has 3 heteroatoms. The van der Waals surface area contributed by atoms with Crippen molar-refractivity contribution in [1.82, 2.24) is 4.90 Å². The summed E-state index contributed by atoms with van der Waals surface area (Å²) < 4.78 is 0. The number of likely N-dealkylation sites (tertiary alicyclic amines) is 1. The Morgan fingerprint density at radius 1 is 1.28 bits per heavy atom. The molecule has 0 saturated carbocycles. The lowest BCUT2D eigenvalue weighted by atomic mass is 9.95. The van der Waals surface area contributed by atoms with Crippen molar-refractivity contribution in [2.45, 2.75) is 38.1 Å². The number of nitrogens with zero attached hydrogens (tertiary/aromatic N) is 1. The Kier molecular flexibility index (Phi) is 4.76. The molecule has 1 aromatic rings. The summed E-state index contributed by atoms with van der Waals surface area (Å²) in [5.41, 5.74) is 6.80. The summed E-state index contributed by atoms with van der Waals surface area (Å²) in [6.07, 6.45) is 4.92. The van der Waals surface area contributed by atoms with Gasteiger partial charge in [-0.15, -0.1) is 0 Å². The van der Waals surface area contributed by atoms with E-state index >= 15 is 0 Å². The van der Waals surface area contributed by atoms with Crippen LogP contribution in [-0.4, -0.2) is 29.9 Å². The van der Waals surface area contributed by atoms with Gasteiger partial charge in [-0.3, -0.25) is 4.79 Å². The fraction of sp³-hybridized carbons (Fsp3) is 0.533. The third-order valence-corrected chi connectivity index (χ3v) is 3.62. The number of nitrogens with two attached hydrogens (primary N) is 1. The molecule has 1 fully saturated rings. The van der Waals surface area contributed by atoms with Gasteiger partial charge in [-0.1, -0.05) is 30.3 Å². The first kappa shape index (κ1) is 13.1. The number of carbonyl (C=O) groups excluding carboxylic acids is 1. The van der Waals surface area contributed by atoms with Crippen molar-refractivity contribution < 1.29 is 4.79 Å². The van der Waals surface area contributed by atoms with Crippen molar-refractivity contribution in [1.29, 1.82) is 0 Å². The lowest BCUT2D eigenvalue weighted by molar-refractivity contribution is -0.134. The van der Waals surface area contributed by atoms with Gasteiger partial charge < -0.3 is 10.6 Å². The fourth-order valence-corrected chi connectivity index (χ4v) is 2.69. The van der Waals surface area contributed by atoms with Crippen molar-refractivity contribution >= 4 is 5.91 Å². The standard InChI is InChI=1S/C15H22N2O/c16-10-9-15(18)17-11-5-4-8-14(17)12-13-6-2-1-3-7-13/h1-3,6-7,14H,4-5,8-12,16H2/t14-/m1/s1. The molecule has 18 heavy (non-hydrogen) atoms. The molecule has 2 N–H and O–H groups in total. The Morgan fingerprint density at radius 2 is 2.06 bits per heavy atom. The number of hydrogen-bond donors (Lipinski definition) is 1. The van der Waals surface area contributed by atoms with Gasteiger partial charge >= 0.3 is 0 Å². The van der Waals surface area contributed by atoms with Gasteiger partial charge in [-0.05, 0) is 31.2 Å². The number of carbonyl (C=O) groups is 1. The minimum Gasteiger partial charge on any atom is -0.339 e. The van der Waals surface area contributed by atoms with E-state index in [2.05, 4.69) is 24.3 Å². The second-order valence-corrected chi connectivity index (χ2v) is 4.97. The molecule has 0 radical (unpaired) electrons. The lowest BCUT2D eigenvalue weighted by Crippen LogP contribution is -2.45. The maximum absolute atomic E-state index is 12.0. The van der Waals surface area contributed by atoms with E-state index in [1.165, 1.54) is 12.0 Å². The van der Waals surface area contributed by atoms with E-state index in [1.54, 1.807) is 0 Å². The Morgan fingerprint density at radius 3 is 2.78 bits per heavy atom. The van der Waals surface area contributed by atoms with E-state index in [0.29, 0.717) is 19.0 Å². The first-order valence-electron chi connectivity index (χ1n) is 6.84. The molecule has 1 aromatic carbocycles. The number of benzene rings is 1. The summed E-state index contributed by atoms with van der Waals surface area (Å²) in [6.45, 7) is 1.35. The van der Waals surface area contributed by atoms with E-state index in [0.717, 1.165) is 25.8 Å². The van der Waals surface area contributed by atoms with Crippen LogP contribution >= 0.6 is 0 Å². The molecule has 0 aliphatic carbocycles. The first-order valence-corrected chi connectivity index (χ1v) is 6.84. The van der Waals surface area contributed by atoms with Crippen LogP contribution < -0.4 is 5.73 Å². The largest absolute Gasteiger partial charge is 0.339 e. The van der Waals surface area contributed by atoms with Crippen molar-refractivity contribution in [2.24, 2.45) is 5.73 Å². The van der Waals surface area contributed by atoms with Gasteiger partial charge in [-0.25, -0.2) is 0 Å². The zero-order valence-electron chi connectivity index (χ0n) is 10.8. The van der Waals surface area contributed by atoms with Gasteiger partial charge in [0.25, 0.3) is 0 Å². The first-order chi connectivity index (χ1) is 8.81. The fourth-order valence-electron chi connectivity index (χ4n) is 2.69. The predicted molar refractivity (Wildman–Crippen MR) is 73.2 cm³/mol. The number of amides is 1. The summed E-state index contributed by atoms with van der Waals surface area (Å²) >= 11 is 0. The van der Waals surface area contributed by atoms with Crippen molar-refractivity contribution in [3.8, 4) is 0 Å². The molecule has 1 heterocycles. The predicted octanol–water partition coefficient (Wildman–Crippen LogP) is 1.96. The molecular weight excluding hydrogens is 224 g/mol. The smallest absolute Gasteiger partial charge is 0.224 e. The van der Waals surface area contributed by atoms with Crippen molar-refractivity contribution in [3.05, 3.63) is 35.9 Å². The molecule has 1 aliphatic heterocycles. The Bertz CT molecular complexity index is 377. The second kappa shape index (κ2) is 6.55. The van der Waals surface area contributed by atoms with Crippen LogP contribution in [0.15, 0.2) is 30.3 Å². The Hall–Kier alpha value is -1.35. The van der Waals surface area contributed by atoms with E-state index in [-0.39, 0.29) is 5.91 Å². The summed E-state index contributed by atoms with van der Waals surface area (Å²) in [5.74, 6) is 0.220. The number of hydrogen-bond acceptors (Lipinski definition) is 2. The van der Waals surface area contributed by atoms with E-state index in [9.17, 15) is 4.79 Å². The van der Waals surface area contributed by atoms with Crippen LogP contribution in [-0.2, 0) is 11.2 Å². The summed E-state index contributed by atoms with van der Waals surface area (Å²) in [5, 5.41) is 0. The third kappa shape index (κ3) is 3.33. The van der Waals surface area contributed by atoms with Gasteiger partial charge in [0, 0.05) is 25.6 Å². The summed E-state index contributed by atoms with van der Waals surface area (Å²) in [6, 6.07) is 10.8. The van der Waals surface area contributed by atoms with E-state index < -0.39 is 0 Å². The zero-order valence-corrected chi connectivity index (χ0v) is 10.8. The molecule has 1 saturated heterocycles. The molecule has 1 atom stereocenters. The number of rotatable bonds is 4. The van der Waals surface area contributed by atoms with Crippen LogP contribution in [0.1, 0.15) is 31.2 Å². The molecule has 0 unspecified atom stereocenters. The molecule has 1 aliphatic rings. The number of piperidine rings is 1. The lowest BCUT2D eigenvalue weighted by Gasteiger charge is -2.36. The maximum atomic E-state index is 12.0. The van der Waals surface area contributed by atoms with Crippen LogP contribution in [0.25, 0.3) is 0 Å². The van der Waals surface area contributed by atoms with Gasteiger partial charge in [0.05, 0.1) is 0 Å². The third-order valence-electron chi connectivity index (χ3n) is 3.62. The minimum atomic E-state index is 0.220. The minimum absolute atomic E-state index is 0.220. The topological polar surface area (TPSA) is 46.3 Å². The van der Waals surface area contributed by atoms with Crippen LogP contribution in [0, 0.1) is 0 Å². The highest BCUT2D eigenvalue weighted by Gasteiger charge is 2.25.